The number of carbonyl (C=O) groups excluding carboxylic acids is 1. The average Bonchev–Trinajstić information content (AvgIpc) is 2.41. The van der Waals surface area contributed by atoms with Gasteiger partial charge in [0.1, 0.15) is 6.04 Å². The molecule has 0 aromatic carbocycles. The lowest BCUT2D eigenvalue weighted by Crippen LogP contribution is -2.50. The molecule has 5 nitrogen and oxygen atoms in total. The summed E-state index contributed by atoms with van der Waals surface area (Å²) in [7, 11) is 0. The van der Waals surface area contributed by atoms with E-state index in [4.69, 9.17) is 5.11 Å². The fourth-order valence-electron chi connectivity index (χ4n) is 2.14. The van der Waals surface area contributed by atoms with E-state index < -0.39 is 18.0 Å². The first-order chi connectivity index (χ1) is 9.73. The van der Waals surface area contributed by atoms with Crippen molar-refractivity contribution in [3.8, 4) is 0 Å². The van der Waals surface area contributed by atoms with E-state index in [1.807, 2.05) is 13.8 Å². The molecule has 0 spiro atoms. The topological polar surface area (TPSA) is 78.4 Å². The summed E-state index contributed by atoms with van der Waals surface area (Å²) in [5.41, 5.74) is 0.0294. The first kappa shape index (κ1) is 19.7. The van der Waals surface area contributed by atoms with Gasteiger partial charge in [-0.15, -0.1) is 0 Å². The number of unbranched alkanes of at least 4 members (excludes halogenated alkanes) is 2. The molecule has 2 amide bonds. The van der Waals surface area contributed by atoms with Crippen molar-refractivity contribution in [3.05, 3.63) is 0 Å². The molecular formula is C16H32N2O3. The zero-order valence-corrected chi connectivity index (χ0v) is 14.2. The summed E-state index contributed by atoms with van der Waals surface area (Å²) in [5, 5.41) is 14.5. The van der Waals surface area contributed by atoms with Gasteiger partial charge in [-0.3, -0.25) is 0 Å². The van der Waals surface area contributed by atoms with Crippen LogP contribution in [0.5, 0.6) is 0 Å². The van der Waals surface area contributed by atoms with Gasteiger partial charge in [0.2, 0.25) is 0 Å². The van der Waals surface area contributed by atoms with Gasteiger partial charge in [-0.25, -0.2) is 9.59 Å². The molecule has 0 radical (unpaired) electrons. The lowest BCUT2D eigenvalue weighted by molar-refractivity contribution is -0.140. The molecule has 0 aromatic heterocycles. The Bertz CT molecular complexity index is 329. The zero-order valence-electron chi connectivity index (χ0n) is 14.2. The Labute approximate surface area is 128 Å². The number of nitrogens with one attached hydrogen (secondary N) is 2. The van der Waals surface area contributed by atoms with Gasteiger partial charge >= 0.3 is 12.0 Å². The van der Waals surface area contributed by atoms with E-state index in [-0.39, 0.29) is 11.3 Å². The average molecular weight is 300 g/mol. The van der Waals surface area contributed by atoms with Crippen LogP contribution in [0.15, 0.2) is 0 Å². The summed E-state index contributed by atoms with van der Waals surface area (Å²) in [5.74, 6) is -1.08. The summed E-state index contributed by atoms with van der Waals surface area (Å²) < 4.78 is 0. The standard InChI is InChI=1S/C16H32N2O3/c1-6-8-9-10-16(4,5)11-17-15(21)18-13(14(19)20)12(3)7-2/h12-13H,6-11H2,1-5H3,(H,19,20)(H2,17,18,21). The number of carbonyl (C=O) groups is 2. The molecule has 21 heavy (non-hydrogen) atoms. The minimum Gasteiger partial charge on any atom is -0.480 e. The predicted molar refractivity (Wildman–Crippen MR) is 85.3 cm³/mol. The van der Waals surface area contributed by atoms with Crippen LogP contribution in [0.4, 0.5) is 4.79 Å². The lowest BCUT2D eigenvalue weighted by Gasteiger charge is -2.26. The first-order valence-corrected chi connectivity index (χ1v) is 8.00. The van der Waals surface area contributed by atoms with Crippen molar-refractivity contribution in [2.45, 2.75) is 72.8 Å². The smallest absolute Gasteiger partial charge is 0.326 e. The highest BCUT2D eigenvalue weighted by Crippen LogP contribution is 2.22. The molecule has 0 rings (SSSR count). The van der Waals surface area contributed by atoms with E-state index in [1.165, 1.54) is 12.8 Å². The second-order valence-electron chi connectivity index (χ2n) is 6.65. The second-order valence-corrected chi connectivity index (χ2v) is 6.65. The fraction of sp³-hybridized carbons (Fsp3) is 0.875. The van der Waals surface area contributed by atoms with Gasteiger partial charge in [0.15, 0.2) is 0 Å². The minimum absolute atomic E-state index is 0.0294. The Morgan fingerprint density at radius 2 is 1.81 bits per heavy atom. The van der Waals surface area contributed by atoms with Crippen LogP contribution in [0, 0.1) is 11.3 Å². The molecule has 3 N–H and O–H groups in total. The molecule has 2 unspecified atom stereocenters. The number of hydrogen-bond acceptors (Lipinski definition) is 2. The van der Waals surface area contributed by atoms with E-state index in [9.17, 15) is 9.59 Å². The quantitative estimate of drug-likeness (QED) is 0.541. The molecule has 0 saturated heterocycles. The van der Waals surface area contributed by atoms with Crippen molar-refractivity contribution in [2.24, 2.45) is 11.3 Å². The van der Waals surface area contributed by atoms with Gasteiger partial charge in [0.25, 0.3) is 0 Å². The minimum atomic E-state index is -0.985. The van der Waals surface area contributed by atoms with Gasteiger partial charge in [0, 0.05) is 6.54 Å². The number of rotatable bonds is 10. The van der Waals surface area contributed by atoms with E-state index in [1.54, 1.807) is 0 Å². The zero-order chi connectivity index (χ0) is 16.5. The Hall–Kier alpha value is -1.26. The normalized spacial score (nSPS) is 14.3. The molecule has 0 aliphatic carbocycles. The molecule has 0 aliphatic rings. The van der Waals surface area contributed by atoms with Gasteiger partial charge in [0.05, 0.1) is 0 Å². The van der Waals surface area contributed by atoms with Crippen molar-refractivity contribution < 1.29 is 14.7 Å². The van der Waals surface area contributed by atoms with Crippen LogP contribution in [0.2, 0.25) is 0 Å². The SMILES string of the molecule is CCCCCC(C)(C)CNC(=O)NC(C(=O)O)C(C)CC. The summed E-state index contributed by atoms with van der Waals surface area (Å²) >= 11 is 0. The van der Waals surface area contributed by atoms with Gasteiger partial charge in [-0.05, 0) is 17.8 Å². The van der Waals surface area contributed by atoms with Crippen LogP contribution in [0.25, 0.3) is 0 Å². The Kier molecular flexibility index (Phi) is 9.06. The number of hydrogen-bond donors (Lipinski definition) is 3. The molecule has 5 heteroatoms. The summed E-state index contributed by atoms with van der Waals surface area (Å²) in [6.45, 7) is 10.7. The molecule has 0 aromatic rings. The van der Waals surface area contributed by atoms with Gasteiger partial charge in [-0.2, -0.15) is 0 Å². The van der Waals surface area contributed by atoms with E-state index in [0.717, 1.165) is 12.8 Å². The number of aliphatic carboxylic acids is 1. The van der Waals surface area contributed by atoms with Crippen LogP contribution in [-0.2, 0) is 4.79 Å². The maximum atomic E-state index is 11.9. The highest BCUT2D eigenvalue weighted by molar-refractivity contribution is 5.82. The largest absolute Gasteiger partial charge is 0.480 e. The van der Waals surface area contributed by atoms with Crippen LogP contribution < -0.4 is 10.6 Å². The van der Waals surface area contributed by atoms with Gasteiger partial charge in [-0.1, -0.05) is 60.3 Å². The Morgan fingerprint density at radius 3 is 2.29 bits per heavy atom. The first-order valence-electron chi connectivity index (χ1n) is 8.00. The third-order valence-corrected chi connectivity index (χ3v) is 3.95. The van der Waals surface area contributed by atoms with E-state index >= 15 is 0 Å². The van der Waals surface area contributed by atoms with Crippen molar-refractivity contribution in [1.82, 2.24) is 10.6 Å². The van der Waals surface area contributed by atoms with Gasteiger partial charge < -0.3 is 15.7 Å². The third kappa shape index (κ3) is 8.58. The molecule has 0 fully saturated rings. The summed E-state index contributed by atoms with van der Waals surface area (Å²) in [6.07, 6.45) is 5.29. The van der Waals surface area contributed by atoms with Crippen molar-refractivity contribution in [1.29, 1.82) is 0 Å². The summed E-state index contributed by atoms with van der Waals surface area (Å²) in [6, 6.07) is -1.23. The lowest BCUT2D eigenvalue weighted by atomic mass is 9.87. The fourth-order valence-corrected chi connectivity index (χ4v) is 2.14. The molecule has 0 saturated carbocycles. The molecule has 0 bridgehead atoms. The molecule has 124 valence electrons. The Balaban J connectivity index is 4.26. The maximum Gasteiger partial charge on any atom is 0.326 e. The van der Waals surface area contributed by atoms with Crippen LogP contribution >= 0.6 is 0 Å². The third-order valence-electron chi connectivity index (χ3n) is 3.95. The number of carboxylic acid groups (broad SMARTS) is 1. The van der Waals surface area contributed by atoms with Crippen molar-refractivity contribution in [3.63, 3.8) is 0 Å². The van der Waals surface area contributed by atoms with Crippen molar-refractivity contribution >= 4 is 12.0 Å². The van der Waals surface area contributed by atoms with E-state index in [2.05, 4.69) is 31.4 Å². The highest BCUT2D eigenvalue weighted by Gasteiger charge is 2.26. The van der Waals surface area contributed by atoms with Crippen LogP contribution in [-0.4, -0.2) is 29.7 Å². The Morgan fingerprint density at radius 1 is 1.19 bits per heavy atom. The van der Waals surface area contributed by atoms with Crippen molar-refractivity contribution in [2.75, 3.05) is 6.54 Å². The van der Waals surface area contributed by atoms with Crippen LogP contribution in [0.3, 0.4) is 0 Å². The highest BCUT2D eigenvalue weighted by atomic mass is 16.4. The molecule has 0 heterocycles. The van der Waals surface area contributed by atoms with Crippen LogP contribution in [0.1, 0.15) is 66.7 Å². The summed E-state index contributed by atoms with van der Waals surface area (Å²) in [4.78, 5) is 23.0. The number of urea groups is 1. The molecule has 2 atom stereocenters. The number of amides is 2. The monoisotopic (exact) mass is 300 g/mol. The van der Waals surface area contributed by atoms with E-state index in [0.29, 0.717) is 13.0 Å². The second kappa shape index (κ2) is 9.64. The predicted octanol–water partition coefficient (Wildman–Crippen LogP) is 3.39. The molecular weight excluding hydrogens is 268 g/mol. The molecule has 0 aliphatic heterocycles. The number of carboxylic acids is 1. The maximum absolute atomic E-state index is 11.9.